The zero-order chi connectivity index (χ0) is 16.4. The lowest BCUT2D eigenvalue weighted by molar-refractivity contribution is -0.133. The number of carbonyl (C=O) groups is 1. The quantitative estimate of drug-likeness (QED) is 0.841. The molecule has 3 nitrogen and oxygen atoms in total. The Labute approximate surface area is 136 Å². The minimum Gasteiger partial charge on any atom is -0.333 e. The zero-order valence-electron chi connectivity index (χ0n) is 13.5. The molecular weight excluding hydrogens is 291 g/mol. The summed E-state index contributed by atoms with van der Waals surface area (Å²) < 4.78 is 14.1. The van der Waals surface area contributed by atoms with Gasteiger partial charge in [-0.25, -0.2) is 4.39 Å². The van der Waals surface area contributed by atoms with Crippen LogP contribution in [-0.2, 0) is 11.2 Å². The largest absolute Gasteiger partial charge is 0.333 e. The molecule has 0 spiro atoms. The SMILES string of the molecule is Cc1ccc(CC(=O)N(C2CC2)[C@@H](C)c2ccccc2F)cn1. The molecule has 0 aliphatic heterocycles. The van der Waals surface area contributed by atoms with Crippen LogP contribution in [0.2, 0.25) is 0 Å². The fourth-order valence-corrected chi connectivity index (χ4v) is 2.92. The summed E-state index contributed by atoms with van der Waals surface area (Å²) >= 11 is 0. The topological polar surface area (TPSA) is 33.2 Å². The second-order valence-corrected chi connectivity index (χ2v) is 6.21. The molecule has 0 N–H and O–H groups in total. The lowest BCUT2D eigenvalue weighted by Crippen LogP contribution is -2.37. The smallest absolute Gasteiger partial charge is 0.227 e. The lowest BCUT2D eigenvalue weighted by atomic mass is 10.0. The van der Waals surface area contributed by atoms with E-state index in [-0.39, 0.29) is 23.8 Å². The number of rotatable bonds is 5. The summed E-state index contributed by atoms with van der Waals surface area (Å²) in [7, 11) is 0. The molecule has 1 aromatic carbocycles. The molecule has 1 aliphatic rings. The van der Waals surface area contributed by atoms with E-state index in [0.717, 1.165) is 24.1 Å². The molecule has 120 valence electrons. The van der Waals surface area contributed by atoms with Crippen LogP contribution >= 0.6 is 0 Å². The van der Waals surface area contributed by atoms with Crippen molar-refractivity contribution in [3.8, 4) is 0 Å². The van der Waals surface area contributed by atoms with Gasteiger partial charge in [-0.1, -0.05) is 24.3 Å². The van der Waals surface area contributed by atoms with Crippen LogP contribution in [0.1, 0.15) is 42.6 Å². The molecule has 3 rings (SSSR count). The molecule has 1 aliphatic carbocycles. The van der Waals surface area contributed by atoms with Gasteiger partial charge in [0.25, 0.3) is 0 Å². The van der Waals surface area contributed by atoms with Crippen LogP contribution in [0.5, 0.6) is 0 Å². The summed E-state index contributed by atoms with van der Waals surface area (Å²) in [4.78, 5) is 18.9. The van der Waals surface area contributed by atoms with Gasteiger partial charge in [0.1, 0.15) is 5.82 Å². The maximum absolute atomic E-state index is 14.1. The number of nitrogens with zero attached hydrogens (tertiary/aromatic N) is 2. The van der Waals surface area contributed by atoms with Crippen LogP contribution in [-0.4, -0.2) is 21.8 Å². The van der Waals surface area contributed by atoms with Crippen molar-refractivity contribution in [2.45, 2.75) is 45.2 Å². The summed E-state index contributed by atoms with van der Waals surface area (Å²) in [5.74, 6) is -0.218. The standard InChI is InChI=1S/C19H21FN2O/c1-13-7-8-15(12-21-13)11-19(23)22(16-9-10-16)14(2)17-5-3-4-6-18(17)20/h3-8,12,14,16H,9-11H2,1-2H3/t14-/m0/s1. The van der Waals surface area contributed by atoms with Gasteiger partial charge in [-0.3, -0.25) is 9.78 Å². The van der Waals surface area contributed by atoms with Gasteiger partial charge in [0.05, 0.1) is 12.5 Å². The van der Waals surface area contributed by atoms with E-state index in [0.29, 0.717) is 12.0 Å². The van der Waals surface area contributed by atoms with E-state index in [1.54, 1.807) is 18.3 Å². The molecule has 0 saturated heterocycles. The zero-order valence-corrected chi connectivity index (χ0v) is 13.5. The summed E-state index contributed by atoms with van der Waals surface area (Å²) in [5.41, 5.74) is 2.40. The predicted molar refractivity (Wildman–Crippen MR) is 87.4 cm³/mol. The molecule has 1 atom stereocenters. The van der Waals surface area contributed by atoms with Crippen molar-refractivity contribution in [1.82, 2.24) is 9.88 Å². The highest BCUT2D eigenvalue weighted by molar-refractivity contribution is 5.79. The normalized spacial score (nSPS) is 15.3. The van der Waals surface area contributed by atoms with Crippen LogP contribution < -0.4 is 0 Å². The highest BCUT2D eigenvalue weighted by Gasteiger charge is 2.36. The molecule has 1 saturated carbocycles. The molecule has 1 fully saturated rings. The first-order valence-corrected chi connectivity index (χ1v) is 8.03. The highest BCUT2D eigenvalue weighted by Crippen LogP contribution is 2.35. The number of aryl methyl sites for hydroxylation is 1. The molecule has 4 heteroatoms. The van der Waals surface area contributed by atoms with Gasteiger partial charge >= 0.3 is 0 Å². The number of hydrogen-bond acceptors (Lipinski definition) is 2. The van der Waals surface area contributed by atoms with Crippen LogP contribution in [0.15, 0.2) is 42.6 Å². The van der Waals surface area contributed by atoms with Crippen LogP contribution in [0, 0.1) is 12.7 Å². The Balaban J connectivity index is 1.79. The number of carbonyl (C=O) groups excluding carboxylic acids is 1. The first-order valence-electron chi connectivity index (χ1n) is 8.03. The molecule has 0 bridgehead atoms. The lowest BCUT2D eigenvalue weighted by Gasteiger charge is -2.30. The molecular formula is C19H21FN2O. The summed E-state index contributed by atoms with van der Waals surface area (Å²) in [6, 6.07) is 10.5. The first-order chi connectivity index (χ1) is 11.1. The van der Waals surface area contributed by atoms with Crippen LogP contribution in [0.4, 0.5) is 4.39 Å². The van der Waals surface area contributed by atoms with Gasteiger partial charge in [-0.05, 0) is 44.4 Å². The van der Waals surface area contributed by atoms with Crippen molar-refractivity contribution in [2.75, 3.05) is 0 Å². The second kappa shape index (κ2) is 6.49. The molecule has 0 unspecified atom stereocenters. The number of halogens is 1. The fraction of sp³-hybridized carbons (Fsp3) is 0.368. The van der Waals surface area contributed by atoms with E-state index < -0.39 is 0 Å². The number of amides is 1. The van der Waals surface area contributed by atoms with E-state index in [2.05, 4.69) is 4.98 Å². The Morgan fingerprint density at radius 1 is 1.30 bits per heavy atom. The van der Waals surface area contributed by atoms with Gasteiger partial charge < -0.3 is 4.90 Å². The van der Waals surface area contributed by atoms with E-state index in [4.69, 9.17) is 0 Å². The first kappa shape index (κ1) is 15.7. The van der Waals surface area contributed by atoms with Crippen LogP contribution in [0.3, 0.4) is 0 Å². The van der Waals surface area contributed by atoms with Gasteiger partial charge in [-0.15, -0.1) is 0 Å². The molecule has 1 amide bonds. The van der Waals surface area contributed by atoms with Gasteiger partial charge in [0.2, 0.25) is 5.91 Å². The molecule has 0 radical (unpaired) electrons. The van der Waals surface area contributed by atoms with Gasteiger partial charge in [-0.2, -0.15) is 0 Å². The number of benzene rings is 1. The van der Waals surface area contributed by atoms with E-state index in [1.807, 2.05) is 36.9 Å². The van der Waals surface area contributed by atoms with Gasteiger partial charge in [0, 0.05) is 23.5 Å². The van der Waals surface area contributed by atoms with Crippen molar-refractivity contribution in [2.24, 2.45) is 0 Å². The number of pyridine rings is 1. The molecule has 23 heavy (non-hydrogen) atoms. The third-order valence-electron chi connectivity index (χ3n) is 4.33. The Morgan fingerprint density at radius 3 is 2.65 bits per heavy atom. The fourth-order valence-electron chi connectivity index (χ4n) is 2.92. The molecule has 2 aromatic rings. The Kier molecular flexibility index (Phi) is 4.42. The second-order valence-electron chi connectivity index (χ2n) is 6.21. The minimum absolute atomic E-state index is 0.0360. The molecule has 1 heterocycles. The predicted octanol–water partition coefficient (Wildman–Crippen LogP) is 3.82. The van der Waals surface area contributed by atoms with Crippen molar-refractivity contribution in [3.63, 3.8) is 0 Å². The van der Waals surface area contributed by atoms with Crippen molar-refractivity contribution in [3.05, 3.63) is 65.2 Å². The van der Waals surface area contributed by atoms with Gasteiger partial charge in [0.15, 0.2) is 0 Å². The highest BCUT2D eigenvalue weighted by atomic mass is 19.1. The third-order valence-corrected chi connectivity index (χ3v) is 4.33. The summed E-state index contributed by atoms with van der Waals surface area (Å²) in [6.07, 6.45) is 4.04. The Morgan fingerprint density at radius 2 is 2.04 bits per heavy atom. The average Bonchev–Trinajstić information content (AvgIpc) is 3.35. The third kappa shape index (κ3) is 3.58. The molecule has 1 aromatic heterocycles. The Bertz CT molecular complexity index is 695. The van der Waals surface area contributed by atoms with Crippen LogP contribution in [0.25, 0.3) is 0 Å². The summed E-state index contributed by atoms with van der Waals surface area (Å²) in [5, 5.41) is 0. The van der Waals surface area contributed by atoms with Crippen molar-refractivity contribution < 1.29 is 9.18 Å². The maximum atomic E-state index is 14.1. The van der Waals surface area contributed by atoms with Crippen molar-refractivity contribution >= 4 is 5.91 Å². The maximum Gasteiger partial charge on any atom is 0.227 e. The monoisotopic (exact) mass is 312 g/mol. The summed E-state index contributed by atoms with van der Waals surface area (Å²) in [6.45, 7) is 3.82. The van der Waals surface area contributed by atoms with Crippen molar-refractivity contribution in [1.29, 1.82) is 0 Å². The van der Waals surface area contributed by atoms with E-state index in [1.165, 1.54) is 6.07 Å². The number of hydrogen-bond donors (Lipinski definition) is 0. The number of aromatic nitrogens is 1. The minimum atomic E-state index is -0.255. The van der Waals surface area contributed by atoms with E-state index in [9.17, 15) is 9.18 Å². The Hall–Kier alpha value is -2.23. The average molecular weight is 312 g/mol. The van der Waals surface area contributed by atoms with E-state index >= 15 is 0 Å².